The largest absolute Gasteiger partial charge is 0.396 e. The summed E-state index contributed by atoms with van der Waals surface area (Å²) in [6, 6.07) is 3.44. The van der Waals surface area contributed by atoms with Crippen LogP contribution in [0.25, 0.3) is 0 Å². The molecule has 0 aliphatic heterocycles. The van der Waals surface area contributed by atoms with Gasteiger partial charge in [0.2, 0.25) is 0 Å². The van der Waals surface area contributed by atoms with Crippen LogP contribution >= 0.6 is 34.8 Å². The average Bonchev–Trinajstić information content (AvgIpc) is 2.32. The van der Waals surface area contributed by atoms with Crippen LogP contribution in [-0.2, 0) is 6.54 Å². The highest BCUT2D eigenvalue weighted by Crippen LogP contribution is 2.31. The lowest BCUT2D eigenvalue weighted by atomic mass is 10.2. The van der Waals surface area contributed by atoms with Gasteiger partial charge >= 0.3 is 0 Å². The molecule has 0 unspecified atom stereocenters. The molecule has 0 amide bonds. The minimum Gasteiger partial charge on any atom is -0.396 e. The van der Waals surface area contributed by atoms with Crippen molar-refractivity contribution in [1.29, 1.82) is 0 Å². The maximum absolute atomic E-state index is 8.63. The number of hydrogen-bond donors (Lipinski definition) is 2. The molecular formula is C12H16Cl3NO. The van der Waals surface area contributed by atoms with Gasteiger partial charge in [0.25, 0.3) is 0 Å². The normalized spacial score (nSPS) is 10.8. The molecule has 0 aliphatic rings. The second-order valence-electron chi connectivity index (χ2n) is 3.78. The molecule has 0 bridgehead atoms. The van der Waals surface area contributed by atoms with Gasteiger partial charge in [0.15, 0.2) is 0 Å². The van der Waals surface area contributed by atoms with Crippen molar-refractivity contribution in [2.24, 2.45) is 0 Å². The second-order valence-corrected chi connectivity index (χ2v) is 4.98. The maximum atomic E-state index is 8.63. The quantitative estimate of drug-likeness (QED) is 0.591. The average molecular weight is 297 g/mol. The fourth-order valence-electron chi connectivity index (χ4n) is 1.48. The zero-order valence-electron chi connectivity index (χ0n) is 9.48. The molecule has 0 aromatic heterocycles. The van der Waals surface area contributed by atoms with Gasteiger partial charge in [-0.3, -0.25) is 0 Å². The van der Waals surface area contributed by atoms with E-state index in [4.69, 9.17) is 39.9 Å². The van der Waals surface area contributed by atoms with E-state index < -0.39 is 0 Å². The summed E-state index contributed by atoms with van der Waals surface area (Å²) in [6.07, 6.45) is 2.89. The van der Waals surface area contributed by atoms with Gasteiger partial charge in [-0.15, -0.1) is 0 Å². The number of rotatable bonds is 7. The van der Waals surface area contributed by atoms with Crippen molar-refractivity contribution in [3.63, 3.8) is 0 Å². The molecule has 1 aromatic carbocycles. The Morgan fingerprint density at radius 2 is 1.71 bits per heavy atom. The molecule has 96 valence electrons. The van der Waals surface area contributed by atoms with Crippen molar-refractivity contribution >= 4 is 34.8 Å². The Morgan fingerprint density at radius 1 is 1.00 bits per heavy atom. The predicted molar refractivity (Wildman–Crippen MR) is 74.1 cm³/mol. The molecule has 2 N–H and O–H groups in total. The lowest BCUT2D eigenvalue weighted by Crippen LogP contribution is -2.15. The van der Waals surface area contributed by atoms with Crippen LogP contribution in [0.15, 0.2) is 12.1 Å². The summed E-state index contributed by atoms with van der Waals surface area (Å²) in [6.45, 7) is 1.74. The van der Waals surface area contributed by atoms with Crippen LogP contribution in [0, 0.1) is 0 Å². The minimum atomic E-state index is 0.256. The Balaban J connectivity index is 2.39. The molecule has 2 nitrogen and oxygen atoms in total. The van der Waals surface area contributed by atoms with E-state index in [1.165, 1.54) is 0 Å². The van der Waals surface area contributed by atoms with Crippen molar-refractivity contribution in [3.05, 3.63) is 32.8 Å². The summed E-state index contributed by atoms with van der Waals surface area (Å²) in [5, 5.41) is 13.6. The summed E-state index contributed by atoms with van der Waals surface area (Å²) in [4.78, 5) is 0. The van der Waals surface area contributed by atoms with Gasteiger partial charge in [-0.25, -0.2) is 0 Å². The van der Waals surface area contributed by atoms with Gasteiger partial charge in [0.1, 0.15) is 0 Å². The van der Waals surface area contributed by atoms with Crippen LogP contribution in [0.3, 0.4) is 0 Å². The van der Waals surface area contributed by atoms with Crippen molar-refractivity contribution in [1.82, 2.24) is 5.32 Å². The smallest absolute Gasteiger partial charge is 0.0652 e. The summed E-state index contributed by atoms with van der Waals surface area (Å²) >= 11 is 18.0. The minimum absolute atomic E-state index is 0.256. The lowest BCUT2D eigenvalue weighted by Gasteiger charge is -2.09. The van der Waals surface area contributed by atoms with Gasteiger partial charge in [0.05, 0.1) is 10.0 Å². The maximum Gasteiger partial charge on any atom is 0.0652 e. The molecule has 0 saturated heterocycles. The van der Waals surface area contributed by atoms with E-state index in [9.17, 15) is 0 Å². The SMILES string of the molecule is OCCCCCNCc1c(Cl)ccc(Cl)c1Cl. The Labute approximate surface area is 117 Å². The number of aliphatic hydroxyl groups is 1. The van der Waals surface area contributed by atoms with Crippen molar-refractivity contribution in [3.8, 4) is 0 Å². The standard InChI is InChI=1S/C12H16Cl3NO/c13-10-4-5-11(14)12(15)9(10)8-16-6-2-1-3-7-17/h4-5,16-17H,1-3,6-8H2. The molecule has 0 saturated carbocycles. The summed E-state index contributed by atoms with van der Waals surface area (Å²) in [5.41, 5.74) is 0.836. The molecule has 1 aromatic rings. The fourth-order valence-corrected chi connectivity index (χ4v) is 2.16. The van der Waals surface area contributed by atoms with E-state index in [1.54, 1.807) is 12.1 Å². The number of nitrogens with one attached hydrogen (secondary N) is 1. The summed E-state index contributed by atoms with van der Waals surface area (Å²) in [5.74, 6) is 0. The van der Waals surface area contributed by atoms with Gasteiger partial charge < -0.3 is 10.4 Å². The van der Waals surface area contributed by atoms with E-state index in [2.05, 4.69) is 5.32 Å². The third kappa shape index (κ3) is 5.02. The van der Waals surface area contributed by atoms with Gasteiger partial charge in [-0.2, -0.15) is 0 Å². The first kappa shape index (κ1) is 15.1. The van der Waals surface area contributed by atoms with E-state index in [0.717, 1.165) is 31.4 Å². The highest BCUT2D eigenvalue weighted by Gasteiger charge is 2.08. The van der Waals surface area contributed by atoms with E-state index >= 15 is 0 Å². The number of benzene rings is 1. The molecule has 0 atom stereocenters. The number of halogens is 3. The third-order valence-corrected chi connectivity index (χ3v) is 3.65. The van der Waals surface area contributed by atoms with Crippen LogP contribution in [0.5, 0.6) is 0 Å². The van der Waals surface area contributed by atoms with Crippen LogP contribution in [0.1, 0.15) is 24.8 Å². The Kier molecular flexibility index (Phi) is 7.24. The zero-order chi connectivity index (χ0) is 12.7. The Bertz CT molecular complexity index is 358. The summed E-state index contributed by atoms with van der Waals surface area (Å²) < 4.78 is 0. The fraction of sp³-hybridized carbons (Fsp3) is 0.500. The zero-order valence-corrected chi connectivity index (χ0v) is 11.7. The second kappa shape index (κ2) is 8.17. The number of hydrogen-bond acceptors (Lipinski definition) is 2. The van der Waals surface area contributed by atoms with Crippen molar-refractivity contribution in [2.45, 2.75) is 25.8 Å². The van der Waals surface area contributed by atoms with Gasteiger partial charge in [-0.1, -0.05) is 34.8 Å². The first-order valence-electron chi connectivity index (χ1n) is 5.60. The third-order valence-electron chi connectivity index (χ3n) is 2.45. The topological polar surface area (TPSA) is 32.3 Å². The van der Waals surface area contributed by atoms with Crippen LogP contribution in [0.4, 0.5) is 0 Å². The molecule has 5 heteroatoms. The predicted octanol–water partition coefficient (Wildman–Crippen LogP) is 3.90. The number of aliphatic hydroxyl groups excluding tert-OH is 1. The molecule has 0 spiro atoms. The van der Waals surface area contributed by atoms with Gasteiger partial charge in [-0.05, 0) is 37.9 Å². The van der Waals surface area contributed by atoms with Gasteiger partial charge in [0, 0.05) is 23.7 Å². The van der Waals surface area contributed by atoms with E-state index in [1.807, 2.05) is 0 Å². The monoisotopic (exact) mass is 295 g/mol. The highest BCUT2D eigenvalue weighted by molar-refractivity contribution is 6.44. The van der Waals surface area contributed by atoms with Crippen molar-refractivity contribution in [2.75, 3.05) is 13.2 Å². The van der Waals surface area contributed by atoms with E-state index in [0.29, 0.717) is 21.6 Å². The Hall–Kier alpha value is 0.01000. The van der Waals surface area contributed by atoms with Crippen molar-refractivity contribution < 1.29 is 5.11 Å². The molecule has 17 heavy (non-hydrogen) atoms. The van der Waals surface area contributed by atoms with Crippen LogP contribution in [-0.4, -0.2) is 18.3 Å². The highest BCUT2D eigenvalue weighted by atomic mass is 35.5. The first-order valence-corrected chi connectivity index (χ1v) is 6.74. The van der Waals surface area contributed by atoms with Crippen LogP contribution < -0.4 is 5.32 Å². The van der Waals surface area contributed by atoms with E-state index in [-0.39, 0.29) is 6.61 Å². The lowest BCUT2D eigenvalue weighted by molar-refractivity contribution is 0.283. The molecule has 0 heterocycles. The molecule has 0 fully saturated rings. The Morgan fingerprint density at radius 3 is 2.41 bits per heavy atom. The molecule has 0 radical (unpaired) electrons. The molecule has 0 aliphatic carbocycles. The summed E-state index contributed by atoms with van der Waals surface area (Å²) in [7, 11) is 0. The molecular weight excluding hydrogens is 280 g/mol. The molecule has 1 rings (SSSR count). The first-order chi connectivity index (χ1) is 8.16. The number of unbranched alkanes of at least 4 members (excludes halogenated alkanes) is 2. The van der Waals surface area contributed by atoms with Crippen LogP contribution in [0.2, 0.25) is 15.1 Å².